The third kappa shape index (κ3) is 6.37. The third-order valence-corrected chi connectivity index (χ3v) is 8.17. The molecule has 0 fully saturated rings. The fourth-order valence-electron chi connectivity index (χ4n) is 5.11. The SMILES string of the molecule is CCCC(NC(=O)c1cc(Cn2ccnc2)cc(-c2cn(CC)nc2C(F)(F)F)c1)C(=O)N1CCc2sccc2C1. The Bertz CT molecular complexity index is 1530. The molecule has 3 aromatic heterocycles. The lowest BCUT2D eigenvalue weighted by Crippen LogP contribution is -2.49. The summed E-state index contributed by atoms with van der Waals surface area (Å²) >= 11 is 1.68. The molecule has 1 unspecified atom stereocenters. The van der Waals surface area contributed by atoms with Crippen LogP contribution in [0.5, 0.6) is 0 Å². The molecule has 1 N–H and O–H groups in total. The number of imidazole rings is 1. The Hall–Kier alpha value is -3.93. The number of alkyl halides is 3. The van der Waals surface area contributed by atoms with Crippen LogP contribution in [0.25, 0.3) is 11.1 Å². The maximum Gasteiger partial charge on any atom is 0.435 e. The smallest absolute Gasteiger partial charge is 0.340 e. The quantitative estimate of drug-likeness (QED) is 0.286. The zero-order valence-corrected chi connectivity index (χ0v) is 23.6. The van der Waals surface area contributed by atoms with Gasteiger partial charge in [0.05, 0.1) is 6.33 Å². The van der Waals surface area contributed by atoms with Crippen molar-refractivity contribution in [2.24, 2.45) is 0 Å². The van der Waals surface area contributed by atoms with Crippen LogP contribution in [0.1, 0.15) is 58.7 Å². The molecule has 1 aliphatic heterocycles. The number of carbonyl (C=O) groups is 2. The summed E-state index contributed by atoms with van der Waals surface area (Å²) in [5.41, 5.74) is 1.01. The van der Waals surface area contributed by atoms with Crippen molar-refractivity contribution in [3.8, 4) is 11.1 Å². The van der Waals surface area contributed by atoms with Gasteiger partial charge in [-0.2, -0.15) is 18.3 Å². The van der Waals surface area contributed by atoms with Gasteiger partial charge in [0.1, 0.15) is 6.04 Å². The molecule has 0 spiro atoms. The summed E-state index contributed by atoms with van der Waals surface area (Å²) in [6, 6.07) is 5.98. The number of aromatic nitrogens is 4. The number of hydrogen-bond donors (Lipinski definition) is 1. The van der Waals surface area contributed by atoms with Crippen LogP contribution < -0.4 is 5.32 Å². The Morgan fingerprint density at radius 1 is 1.20 bits per heavy atom. The predicted octanol–water partition coefficient (Wildman–Crippen LogP) is 5.38. The predicted molar refractivity (Wildman–Crippen MR) is 149 cm³/mol. The van der Waals surface area contributed by atoms with Crippen LogP contribution in [0.3, 0.4) is 0 Å². The Labute approximate surface area is 239 Å². The molecule has 0 bridgehead atoms. The van der Waals surface area contributed by atoms with Gasteiger partial charge in [0.2, 0.25) is 5.91 Å². The fraction of sp³-hybridized carbons (Fsp3) is 0.379. The van der Waals surface area contributed by atoms with E-state index in [1.165, 1.54) is 21.8 Å². The van der Waals surface area contributed by atoms with E-state index in [0.717, 1.165) is 12.0 Å². The highest BCUT2D eigenvalue weighted by molar-refractivity contribution is 7.10. The zero-order chi connectivity index (χ0) is 29.1. The maximum atomic E-state index is 13.9. The lowest BCUT2D eigenvalue weighted by Gasteiger charge is -2.31. The molecule has 1 atom stereocenters. The highest BCUT2D eigenvalue weighted by Gasteiger charge is 2.38. The van der Waals surface area contributed by atoms with Crippen LogP contribution in [0.2, 0.25) is 0 Å². The lowest BCUT2D eigenvalue weighted by atomic mass is 9.98. The Kier molecular flexibility index (Phi) is 8.30. The van der Waals surface area contributed by atoms with E-state index in [-0.39, 0.29) is 29.1 Å². The Morgan fingerprint density at radius 2 is 2.02 bits per heavy atom. The fourth-order valence-corrected chi connectivity index (χ4v) is 6.00. The van der Waals surface area contributed by atoms with E-state index in [0.29, 0.717) is 38.0 Å². The minimum absolute atomic E-state index is 0.109. The van der Waals surface area contributed by atoms with E-state index < -0.39 is 23.8 Å². The first-order valence-electron chi connectivity index (χ1n) is 13.6. The van der Waals surface area contributed by atoms with Gasteiger partial charge in [-0.3, -0.25) is 14.3 Å². The van der Waals surface area contributed by atoms with Crippen molar-refractivity contribution in [3.05, 3.63) is 81.8 Å². The van der Waals surface area contributed by atoms with Crippen molar-refractivity contribution in [3.63, 3.8) is 0 Å². The van der Waals surface area contributed by atoms with Crippen LogP contribution in [0.4, 0.5) is 13.2 Å². The molecule has 12 heteroatoms. The van der Waals surface area contributed by atoms with Gasteiger partial charge in [0, 0.05) is 60.8 Å². The molecular weight excluding hydrogens is 553 g/mol. The van der Waals surface area contributed by atoms with Crippen LogP contribution in [-0.2, 0) is 37.0 Å². The number of amides is 2. The first-order chi connectivity index (χ1) is 19.7. The van der Waals surface area contributed by atoms with Crippen molar-refractivity contribution in [2.45, 2.75) is 65.0 Å². The van der Waals surface area contributed by atoms with E-state index in [1.807, 2.05) is 18.4 Å². The van der Waals surface area contributed by atoms with Crippen LogP contribution in [0.15, 0.2) is 54.6 Å². The lowest BCUT2D eigenvalue weighted by molar-refractivity contribution is -0.141. The van der Waals surface area contributed by atoms with Crippen molar-refractivity contribution in [1.29, 1.82) is 0 Å². The summed E-state index contributed by atoms with van der Waals surface area (Å²) in [5, 5.41) is 8.65. The topological polar surface area (TPSA) is 85.0 Å². The van der Waals surface area contributed by atoms with Crippen LogP contribution in [-0.4, -0.2) is 48.6 Å². The summed E-state index contributed by atoms with van der Waals surface area (Å²) in [7, 11) is 0. The summed E-state index contributed by atoms with van der Waals surface area (Å²) in [4.78, 5) is 34.2. The second kappa shape index (κ2) is 11.9. The molecule has 4 aromatic rings. The van der Waals surface area contributed by atoms with E-state index in [9.17, 15) is 22.8 Å². The molecule has 1 aliphatic rings. The first kappa shape index (κ1) is 28.6. The van der Waals surface area contributed by atoms with Crippen molar-refractivity contribution < 1.29 is 22.8 Å². The molecule has 5 rings (SSSR count). The number of rotatable bonds is 9. The Morgan fingerprint density at radius 3 is 2.73 bits per heavy atom. The van der Waals surface area contributed by atoms with Gasteiger partial charge in [-0.1, -0.05) is 13.3 Å². The van der Waals surface area contributed by atoms with Gasteiger partial charge >= 0.3 is 6.18 Å². The van der Waals surface area contributed by atoms with Gasteiger partial charge in [-0.25, -0.2) is 4.98 Å². The number of thiophene rings is 1. The van der Waals surface area contributed by atoms with Crippen molar-refractivity contribution in [1.82, 2.24) is 29.5 Å². The molecule has 2 amide bonds. The van der Waals surface area contributed by atoms with Crippen molar-refractivity contribution in [2.75, 3.05) is 6.54 Å². The second-order valence-corrected chi connectivity index (χ2v) is 11.1. The number of carbonyl (C=O) groups excluding carboxylic acids is 2. The zero-order valence-electron chi connectivity index (χ0n) is 22.8. The van der Waals surface area contributed by atoms with E-state index in [1.54, 1.807) is 58.6 Å². The molecule has 0 radical (unpaired) electrons. The average Bonchev–Trinajstić information content (AvgIpc) is 3.72. The average molecular weight is 585 g/mol. The van der Waals surface area contributed by atoms with Gasteiger partial charge in [0.25, 0.3) is 5.91 Å². The molecule has 41 heavy (non-hydrogen) atoms. The van der Waals surface area contributed by atoms with E-state index in [2.05, 4.69) is 15.4 Å². The van der Waals surface area contributed by atoms with Crippen LogP contribution in [0, 0.1) is 0 Å². The van der Waals surface area contributed by atoms with Gasteiger partial charge in [-0.15, -0.1) is 11.3 Å². The van der Waals surface area contributed by atoms with E-state index in [4.69, 9.17) is 0 Å². The highest BCUT2D eigenvalue weighted by Crippen LogP contribution is 2.37. The number of nitrogens with zero attached hydrogens (tertiary/aromatic N) is 5. The Balaban J connectivity index is 1.46. The number of aryl methyl sites for hydroxylation is 1. The molecule has 0 aliphatic carbocycles. The monoisotopic (exact) mass is 584 g/mol. The van der Waals surface area contributed by atoms with Crippen LogP contribution >= 0.6 is 11.3 Å². The number of benzene rings is 1. The van der Waals surface area contributed by atoms with Gasteiger partial charge < -0.3 is 14.8 Å². The minimum Gasteiger partial charge on any atom is -0.340 e. The molecule has 0 saturated heterocycles. The summed E-state index contributed by atoms with van der Waals surface area (Å²) in [6.07, 6.45) is 3.49. The van der Waals surface area contributed by atoms with Gasteiger partial charge in [0.15, 0.2) is 5.69 Å². The number of hydrogen-bond acceptors (Lipinski definition) is 5. The van der Waals surface area contributed by atoms with E-state index >= 15 is 0 Å². The maximum absolute atomic E-state index is 13.9. The summed E-state index contributed by atoms with van der Waals surface area (Å²) in [6.45, 7) is 5.28. The molecular formula is C29H31F3N6O2S. The number of fused-ring (bicyclic) bond motifs is 1. The first-order valence-corrected chi connectivity index (χ1v) is 14.4. The molecule has 0 saturated carbocycles. The standard InChI is InChI=1S/C29H31F3N6O2S/c1-3-5-24(28(40)37-9-6-25-20(16-37)7-11-41-25)34-27(39)22-13-19(15-36-10-8-33-18-36)12-21(14-22)23-17-38(4-2)35-26(23)29(30,31)32/h7-8,10-14,17-18,24H,3-6,9,15-16H2,1-2H3,(H,34,39). The molecule has 4 heterocycles. The van der Waals surface area contributed by atoms with Crippen molar-refractivity contribution >= 4 is 23.2 Å². The number of halogens is 3. The largest absolute Gasteiger partial charge is 0.435 e. The normalized spacial score (nSPS) is 14.1. The molecule has 8 nitrogen and oxygen atoms in total. The summed E-state index contributed by atoms with van der Waals surface area (Å²) < 4.78 is 44.8. The third-order valence-electron chi connectivity index (χ3n) is 7.14. The molecule has 1 aromatic carbocycles. The number of nitrogens with one attached hydrogen (secondary N) is 1. The molecule has 216 valence electrons. The summed E-state index contributed by atoms with van der Waals surface area (Å²) in [5.74, 6) is -0.675. The van der Waals surface area contributed by atoms with Gasteiger partial charge in [-0.05, 0) is 66.1 Å². The second-order valence-electron chi connectivity index (χ2n) is 10.1. The highest BCUT2D eigenvalue weighted by atomic mass is 32.1. The minimum atomic E-state index is -4.67.